The third kappa shape index (κ3) is 2.22. The number of anilines is 1. The zero-order valence-corrected chi connectivity index (χ0v) is 12.5. The molecule has 6 nitrogen and oxygen atoms in total. The first-order valence-corrected chi connectivity index (χ1v) is 7.78. The number of aromatic nitrogens is 2. The van der Waals surface area contributed by atoms with Crippen molar-refractivity contribution in [2.75, 3.05) is 50.9 Å². The van der Waals surface area contributed by atoms with E-state index >= 15 is 0 Å². The van der Waals surface area contributed by atoms with Gasteiger partial charge in [0.1, 0.15) is 0 Å². The molecule has 2 fully saturated rings. The minimum absolute atomic E-state index is 0.0440. The Hall–Kier alpha value is -1.24. The highest BCUT2D eigenvalue weighted by Gasteiger charge is 2.42. The summed E-state index contributed by atoms with van der Waals surface area (Å²) in [6.07, 6.45) is 1.10. The van der Waals surface area contributed by atoms with Gasteiger partial charge in [0, 0.05) is 30.9 Å². The lowest BCUT2D eigenvalue weighted by Gasteiger charge is -2.36. The molecule has 1 spiro atoms. The molecule has 0 radical (unpaired) electrons. The Morgan fingerprint density at radius 2 is 2.05 bits per heavy atom. The summed E-state index contributed by atoms with van der Waals surface area (Å²) in [7, 11) is 0. The summed E-state index contributed by atoms with van der Waals surface area (Å²) < 4.78 is 11.3. The summed E-state index contributed by atoms with van der Waals surface area (Å²) in [6.45, 7) is 8.76. The third-order valence-corrected chi connectivity index (χ3v) is 4.87. The molecule has 0 unspecified atom stereocenters. The summed E-state index contributed by atoms with van der Waals surface area (Å²) in [4.78, 5) is 11.9. The molecule has 3 aliphatic rings. The Morgan fingerprint density at radius 3 is 2.81 bits per heavy atom. The number of hydrogen-bond donors (Lipinski definition) is 1. The lowest BCUT2D eigenvalue weighted by molar-refractivity contribution is 0.0544. The van der Waals surface area contributed by atoms with Gasteiger partial charge in [0.05, 0.1) is 37.5 Å². The SMILES string of the molecule is Cc1nc(N2CCOCC2)nc2c1COC[C@]21CCNC1. The highest BCUT2D eigenvalue weighted by molar-refractivity contribution is 5.42. The standard InChI is InChI=1S/C15H22N4O2/c1-11-12-8-21-10-15(2-3-16-9-15)13(12)18-14(17-11)19-4-6-20-7-5-19/h16H,2-10H2,1H3/t15-/m1/s1. The average molecular weight is 290 g/mol. The maximum Gasteiger partial charge on any atom is 0.225 e. The molecule has 0 bridgehead atoms. The van der Waals surface area contributed by atoms with Gasteiger partial charge in [-0.15, -0.1) is 0 Å². The molecule has 1 atom stereocenters. The predicted octanol–water partition coefficient (Wildman–Crippen LogP) is 0.383. The second-order valence-electron chi connectivity index (χ2n) is 6.24. The summed E-state index contributed by atoms with van der Waals surface area (Å²) in [5, 5.41) is 3.47. The van der Waals surface area contributed by atoms with Crippen LogP contribution < -0.4 is 10.2 Å². The second-order valence-corrected chi connectivity index (χ2v) is 6.24. The molecule has 1 aromatic rings. The topological polar surface area (TPSA) is 59.5 Å². The minimum Gasteiger partial charge on any atom is -0.378 e. The third-order valence-electron chi connectivity index (χ3n) is 4.87. The van der Waals surface area contributed by atoms with Gasteiger partial charge in [0.15, 0.2) is 0 Å². The van der Waals surface area contributed by atoms with Crippen LogP contribution in [0.2, 0.25) is 0 Å². The number of ether oxygens (including phenoxy) is 2. The van der Waals surface area contributed by atoms with E-state index in [4.69, 9.17) is 19.4 Å². The maximum atomic E-state index is 5.85. The Kier molecular flexibility index (Phi) is 3.32. The van der Waals surface area contributed by atoms with Gasteiger partial charge >= 0.3 is 0 Å². The van der Waals surface area contributed by atoms with Crippen LogP contribution in [0, 0.1) is 6.92 Å². The molecule has 2 saturated heterocycles. The van der Waals surface area contributed by atoms with Crippen molar-refractivity contribution in [3.05, 3.63) is 17.0 Å². The molecular formula is C15H22N4O2. The maximum absolute atomic E-state index is 5.85. The fraction of sp³-hybridized carbons (Fsp3) is 0.733. The summed E-state index contributed by atoms with van der Waals surface area (Å²) >= 11 is 0. The van der Waals surface area contributed by atoms with Crippen molar-refractivity contribution in [3.8, 4) is 0 Å². The number of nitrogens with one attached hydrogen (secondary N) is 1. The minimum atomic E-state index is 0.0440. The normalized spacial score (nSPS) is 28.9. The molecule has 1 N–H and O–H groups in total. The van der Waals surface area contributed by atoms with E-state index in [1.165, 1.54) is 11.3 Å². The second kappa shape index (κ2) is 5.19. The van der Waals surface area contributed by atoms with E-state index in [9.17, 15) is 0 Å². The number of nitrogens with zero attached hydrogens (tertiary/aromatic N) is 3. The van der Waals surface area contributed by atoms with Crippen LogP contribution in [-0.2, 0) is 21.5 Å². The predicted molar refractivity (Wildman–Crippen MR) is 78.6 cm³/mol. The van der Waals surface area contributed by atoms with Crippen LogP contribution in [0.25, 0.3) is 0 Å². The first kappa shape index (κ1) is 13.4. The van der Waals surface area contributed by atoms with Crippen molar-refractivity contribution in [1.82, 2.24) is 15.3 Å². The highest BCUT2D eigenvalue weighted by atomic mass is 16.5. The molecule has 0 saturated carbocycles. The Balaban J connectivity index is 1.76. The van der Waals surface area contributed by atoms with E-state index in [2.05, 4.69) is 17.1 Å². The first-order chi connectivity index (χ1) is 10.3. The van der Waals surface area contributed by atoms with E-state index < -0.39 is 0 Å². The number of aryl methyl sites for hydroxylation is 1. The number of fused-ring (bicyclic) bond motifs is 2. The van der Waals surface area contributed by atoms with Crippen LogP contribution in [0.3, 0.4) is 0 Å². The van der Waals surface area contributed by atoms with Gasteiger partial charge in [-0.3, -0.25) is 0 Å². The van der Waals surface area contributed by atoms with E-state index in [0.29, 0.717) is 6.61 Å². The van der Waals surface area contributed by atoms with Crippen molar-refractivity contribution >= 4 is 5.95 Å². The van der Waals surface area contributed by atoms with Crippen molar-refractivity contribution in [2.24, 2.45) is 0 Å². The number of rotatable bonds is 1. The van der Waals surface area contributed by atoms with E-state index in [1.54, 1.807) is 0 Å². The van der Waals surface area contributed by atoms with Crippen molar-refractivity contribution in [1.29, 1.82) is 0 Å². The summed E-state index contributed by atoms with van der Waals surface area (Å²) in [5.41, 5.74) is 3.52. The van der Waals surface area contributed by atoms with Crippen LogP contribution in [0.4, 0.5) is 5.95 Å². The van der Waals surface area contributed by atoms with Gasteiger partial charge in [0.2, 0.25) is 5.95 Å². The zero-order chi connectivity index (χ0) is 14.3. The van der Waals surface area contributed by atoms with Crippen molar-refractivity contribution < 1.29 is 9.47 Å². The first-order valence-electron chi connectivity index (χ1n) is 7.78. The molecule has 1 aromatic heterocycles. The van der Waals surface area contributed by atoms with Crippen LogP contribution >= 0.6 is 0 Å². The fourth-order valence-electron chi connectivity index (χ4n) is 3.58. The number of hydrogen-bond acceptors (Lipinski definition) is 6. The molecule has 0 amide bonds. The molecule has 21 heavy (non-hydrogen) atoms. The molecule has 114 valence electrons. The average Bonchev–Trinajstić information content (AvgIpc) is 2.98. The Morgan fingerprint density at radius 1 is 1.19 bits per heavy atom. The van der Waals surface area contributed by atoms with E-state index in [-0.39, 0.29) is 5.41 Å². The lowest BCUT2D eigenvalue weighted by Crippen LogP contribution is -2.42. The lowest BCUT2D eigenvalue weighted by atomic mass is 9.80. The van der Waals surface area contributed by atoms with Gasteiger partial charge < -0.3 is 19.7 Å². The molecule has 4 rings (SSSR count). The van der Waals surface area contributed by atoms with Crippen LogP contribution in [0.5, 0.6) is 0 Å². The van der Waals surface area contributed by atoms with Crippen LogP contribution in [0.1, 0.15) is 23.4 Å². The molecule has 6 heteroatoms. The Labute approximate surface area is 124 Å². The zero-order valence-electron chi connectivity index (χ0n) is 12.5. The van der Waals surface area contributed by atoms with Gasteiger partial charge in [-0.25, -0.2) is 9.97 Å². The van der Waals surface area contributed by atoms with Crippen molar-refractivity contribution in [3.63, 3.8) is 0 Å². The van der Waals surface area contributed by atoms with E-state index in [0.717, 1.165) is 64.1 Å². The molecule has 3 aliphatic heterocycles. The van der Waals surface area contributed by atoms with E-state index in [1.807, 2.05) is 0 Å². The smallest absolute Gasteiger partial charge is 0.225 e. The van der Waals surface area contributed by atoms with Gasteiger partial charge in [-0.2, -0.15) is 0 Å². The molecule has 0 aliphatic carbocycles. The van der Waals surface area contributed by atoms with Crippen LogP contribution in [-0.4, -0.2) is 56.0 Å². The molecule has 0 aromatic carbocycles. The molecular weight excluding hydrogens is 268 g/mol. The highest BCUT2D eigenvalue weighted by Crippen LogP contribution is 2.37. The number of morpholine rings is 1. The summed E-state index contributed by atoms with van der Waals surface area (Å²) in [6, 6.07) is 0. The van der Waals surface area contributed by atoms with Gasteiger partial charge in [-0.05, 0) is 19.9 Å². The Bertz CT molecular complexity index is 537. The van der Waals surface area contributed by atoms with Crippen molar-refractivity contribution in [2.45, 2.75) is 25.4 Å². The van der Waals surface area contributed by atoms with Gasteiger partial charge in [0.25, 0.3) is 0 Å². The molecule has 4 heterocycles. The summed E-state index contributed by atoms with van der Waals surface area (Å²) in [5.74, 6) is 0.864. The largest absolute Gasteiger partial charge is 0.378 e. The van der Waals surface area contributed by atoms with Gasteiger partial charge in [-0.1, -0.05) is 0 Å². The van der Waals surface area contributed by atoms with Crippen LogP contribution in [0.15, 0.2) is 0 Å². The monoisotopic (exact) mass is 290 g/mol. The fourth-order valence-corrected chi connectivity index (χ4v) is 3.58. The quantitative estimate of drug-likeness (QED) is 0.807.